The summed E-state index contributed by atoms with van der Waals surface area (Å²) in [7, 11) is 0. The topological polar surface area (TPSA) is 238 Å². The quantitative estimate of drug-likeness (QED) is 0.0181. The molecule has 0 fully saturated rings. The highest BCUT2D eigenvalue weighted by Gasteiger charge is 2.51. The number of carbonyl (C=O) groups is 2. The summed E-state index contributed by atoms with van der Waals surface area (Å²) in [5.74, 6) is -15.0. The van der Waals surface area contributed by atoms with Crippen LogP contribution in [-0.4, -0.2) is 112 Å². The van der Waals surface area contributed by atoms with Gasteiger partial charge in [-0.25, -0.2) is 14.5 Å². The zero-order chi connectivity index (χ0) is 43.8. The third kappa shape index (κ3) is 27.4. The first-order valence-corrected chi connectivity index (χ1v) is 23.1. The van der Waals surface area contributed by atoms with Gasteiger partial charge in [-0.05, 0) is 57.8 Å². The summed E-state index contributed by atoms with van der Waals surface area (Å²) in [4.78, 5) is 26.0. The van der Waals surface area contributed by atoms with Crippen molar-refractivity contribution in [3.8, 4) is 0 Å². The molecular formula is C44H87NO13. The standard InChI is InChI=1S/C44H87NO13/c1-4-7-10-13-16-17-18-23-30-37-57-39(46)41(48,49)34-27-29-36-45(43(52,53)44(54,55)56)35-28-22-21-26-33-42(50,51)40(47)58-38(31-24-19-14-11-8-5-2)32-25-20-15-12-9-6-3/h38,48-56H,4-37H2,1-3H3. The van der Waals surface area contributed by atoms with Crippen molar-refractivity contribution in [1.29, 1.82) is 0 Å². The second-order valence-electron chi connectivity index (χ2n) is 16.6. The molecule has 346 valence electrons. The van der Waals surface area contributed by atoms with Crippen LogP contribution in [-0.2, 0) is 19.1 Å². The molecule has 14 heteroatoms. The molecule has 0 heterocycles. The number of unbranched alkanes of at least 4 members (excludes halogenated alkanes) is 22. The second kappa shape index (κ2) is 33.2. The molecule has 0 unspecified atom stereocenters. The van der Waals surface area contributed by atoms with E-state index in [0.29, 0.717) is 32.1 Å². The third-order valence-electron chi connectivity index (χ3n) is 11.0. The predicted molar refractivity (Wildman–Crippen MR) is 223 cm³/mol. The zero-order valence-electron chi connectivity index (χ0n) is 36.7. The van der Waals surface area contributed by atoms with Crippen molar-refractivity contribution in [2.75, 3.05) is 19.7 Å². The van der Waals surface area contributed by atoms with Gasteiger partial charge in [0.05, 0.1) is 6.61 Å². The fraction of sp³-hybridized carbons (Fsp3) is 0.955. The van der Waals surface area contributed by atoms with E-state index in [0.717, 1.165) is 75.5 Å². The van der Waals surface area contributed by atoms with Crippen molar-refractivity contribution in [2.45, 2.75) is 249 Å². The molecule has 0 atom stereocenters. The van der Waals surface area contributed by atoms with E-state index in [1.165, 1.54) is 57.8 Å². The van der Waals surface area contributed by atoms with E-state index in [4.69, 9.17) is 9.47 Å². The number of carbonyl (C=O) groups excluding carboxylic acids is 2. The van der Waals surface area contributed by atoms with Crippen LogP contribution >= 0.6 is 0 Å². The maximum Gasteiger partial charge on any atom is 0.366 e. The summed E-state index contributed by atoms with van der Waals surface area (Å²) >= 11 is 0. The maximum absolute atomic E-state index is 12.9. The molecule has 0 spiro atoms. The molecule has 58 heavy (non-hydrogen) atoms. The highest BCUT2D eigenvalue weighted by molar-refractivity contribution is 5.77. The molecule has 0 amide bonds. The lowest BCUT2D eigenvalue weighted by Crippen LogP contribution is -2.65. The van der Waals surface area contributed by atoms with Crippen molar-refractivity contribution in [1.82, 2.24) is 4.90 Å². The Kier molecular flexibility index (Phi) is 32.4. The molecule has 0 aliphatic heterocycles. The number of rotatable bonds is 41. The second-order valence-corrected chi connectivity index (χ2v) is 16.6. The molecule has 0 aliphatic carbocycles. The smallest absolute Gasteiger partial charge is 0.366 e. The maximum atomic E-state index is 12.9. The summed E-state index contributed by atoms with van der Waals surface area (Å²) in [5.41, 5.74) is 0. The lowest BCUT2D eigenvalue weighted by atomic mass is 10.0. The van der Waals surface area contributed by atoms with Gasteiger partial charge < -0.3 is 55.4 Å². The van der Waals surface area contributed by atoms with Crippen LogP contribution in [0.4, 0.5) is 0 Å². The largest absolute Gasteiger partial charge is 0.462 e. The first-order valence-electron chi connectivity index (χ1n) is 23.1. The first-order chi connectivity index (χ1) is 27.5. The number of ether oxygens (including phenoxy) is 2. The van der Waals surface area contributed by atoms with E-state index in [2.05, 4.69) is 20.8 Å². The fourth-order valence-electron chi connectivity index (χ4n) is 7.05. The summed E-state index contributed by atoms with van der Waals surface area (Å²) in [6.07, 6.45) is 24.5. The Morgan fingerprint density at radius 3 is 1.24 bits per heavy atom. The van der Waals surface area contributed by atoms with Crippen molar-refractivity contribution in [3.63, 3.8) is 0 Å². The van der Waals surface area contributed by atoms with Gasteiger partial charge in [0.2, 0.25) is 0 Å². The Hall–Kier alpha value is -1.46. The number of hydrogen-bond acceptors (Lipinski definition) is 14. The van der Waals surface area contributed by atoms with Crippen LogP contribution in [0.3, 0.4) is 0 Å². The molecular weight excluding hydrogens is 750 g/mol. The van der Waals surface area contributed by atoms with Gasteiger partial charge in [0.25, 0.3) is 11.6 Å². The Morgan fingerprint density at radius 2 is 0.793 bits per heavy atom. The Labute approximate surface area is 350 Å². The van der Waals surface area contributed by atoms with Crippen LogP contribution < -0.4 is 0 Å². The van der Waals surface area contributed by atoms with Gasteiger partial charge in [-0.15, -0.1) is 0 Å². The van der Waals surface area contributed by atoms with Gasteiger partial charge in [-0.3, -0.25) is 0 Å². The normalized spacial score (nSPS) is 12.9. The van der Waals surface area contributed by atoms with E-state index < -0.39 is 41.8 Å². The van der Waals surface area contributed by atoms with E-state index in [1.54, 1.807) is 0 Å². The minimum absolute atomic E-state index is 0.00591. The Morgan fingerprint density at radius 1 is 0.448 bits per heavy atom. The van der Waals surface area contributed by atoms with Gasteiger partial charge in [0.1, 0.15) is 6.10 Å². The van der Waals surface area contributed by atoms with Gasteiger partial charge in [-0.2, -0.15) is 0 Å². The van der Waals surface area contributed by atoms with E-state index in [-0.39, 0.29) is 57.9 Å². The summed E-state index contributed by atoms with van der Waals surface area (Å²) in [6, 6.07) is 0. The Bertz CT molecular complexity index is 986. The molecule has 0 saturated heterocycles. The number of aliphatic hydroxyl groups is 9. The average molecular weight is 838 g/mol. The molecule has 0 aromatic rings. The SMILES string of the molecule is CCCCCCCCCCCOC(=O)C(O)(O)CCCCN(CCCCCCC(O)(O)C(=O)OC(CCCCCCCC)CCCCCCCC)C(O)(O)C(O)(O)O. The van der Waals surface area contributed by atoms with Crippen molar-refractivity contribution in [2.24, 2.45) is 0 Å². The van der Waals surface area contributed by atoms with Crippen LogP contribution in [0.1, 0.15) is 220 Å². The summed E-state index contributed by atoms with van der Waals surface area (Å²) in [6.45, 7) is 6.19. The number of hydrogen-bond donors (Lipinski definition) is 9. The summed E-state index contributed by atoms with van der Waals surface area (Å²) in [5, 5.41) is 91.3. The van der Waals surface area contributed by atoms with Gasteiger partial charge >= 0.3 is 23.8 Å². The lowest BCUT2D eigenvalue weighted by molar-refractivity contribution is -0.486. The van der Waals surface area contributed by atoms with Gasteiger partial charge in [-0.1, -0.05) is 149 Å². The number of nitrogens with zero attached hydrogens (tertiary/aromatic N) is 1. The molecule has 0 saturated carbocycles. The van der Waals surface area contributed by atoms with Crippen molar-refractivity contribution in [3.05, 3.63) is 0 Å². The van der Waals surface area contributed by atoms with E-state index in [1.807, 2.05) is 0 Å². The first kappa shape index (κ1) is 56.5. The van der Waals surface area contributed by atoms with E-state index >= 15 is 0 Å². The minimum atomic E-state index is -3.90. The molecule has 0 aliphatic rings. The van der Waals surface area contributed by atoms with Crippen LogP contribution in [0.15, 0.2) is 0 Å². The van der Waals surface area contributed by atoms with Crippen molar-refractivity contribution >= 4 is 11.9 Å². The van der Waals surface area contributed by atoms with E-state index in [9.17, 15) is 55.5 Å². The Balaban J connectivity index is 4.80. The molecule has 0 radical (unpaired) electrons. The van der Waals surface area contributed by atoms with Crippen LogP contribution in [0.2, 0.25) is 0 Å². The van der Waals surface area contributed by atoms with Crippen LogP contribution in [0, 0.1) is 0 Å². The summed E-state index contributed by atoms with van der Waals surface area (Å²) < 4.78 is 10.7. The average Bonchev–Trinajstić information content (AvgIpc) is 3.16. The molecule has 0 aromatic heterocycles. The van der Waals surface area contributed by atoms with Crippen molar-refractivity contribution < 1.29 is 65.0 Å². The van der Waals surface area contributed by atoms with Gasteiger partial charge in [0, 0.05) is 25.9 Å². The monoisotopic (exact) mass is 838 g/mol. The minimum Gasteiger partial charge on any atom is -0.462 e. The molecule has 9 N–H and O–H groups in total. The third-order valence-corrected chi connectivity index (χ3v) is 11.0. The molecule has 0 bridgehead atoms. The highest BCUT2D eigenvalue weighted by atomic mass is 16.7. The van der Waals surface area contributed by atoms with Crippen LogP contribution in [0.25, 0.3) is 0 Å². The molecule has 0 rings (SSSR count). The highest BCUT2D eigenvalue weighted by Crippen LogP contribution is 2.24. The fourth-order valence-corrected chi connectivity index (χ4v) is 7.05. The van der Waals surface area contributed by atoms with Crippen LogP contribution in [0.5, 0.6) is 0 Å². The molecule has 14 nitrogen and oxygen atoms in total. The lowest BCUT2D eigenvalue weighted by Gasteiger charge is -2.39. The predicted octanol–water partition coefficient (Wildman–Crippen LogP) is 6.53. The molecule has 0 aromatic carbocycles. The zero-order valence-corrected chi connectivity index (χ0v) is 36.7. The number of esters is 2. The van der Waals surface area contributed by atoms with Gasteiger partial charge in [0.15, 0.2) is 0 Å².